The lowest BCUT2D eigenvalue weighted by Gasteiger charge is -2.12. The normalized spacial score (nSPS) is 12.6. The van der Waals surface area contributed by atoms with Crippen LogP contribution in [-0.4, -0.2) is 12.2 Å². The van der Waals surface area contributed by atoms with E-state index in [-0.39, 0.29) is 11.3 Å². The smallest absolute Gasteiger partial charge is 0.171 e. The average Bonchev–Trinajstić information content (AvgIpc) is 2.91. The van der Waals surface area contributed by atoms with Crippen molar-refractivity contribution in [3.8, 4) is 5.75 Å². The maximum absolute atomic E-state index is 14.2. The van der Waals surface area contributed by atoms with E-state index in [4.69, 9.17) is 9.15 Å². The Morgan fingerprint density at radius 1 is 1.10 bits per heavy atom. The zero-order valence-corrected chi connectivity index (χ0v) is 10.8. The number of rotatable bonds is 3. The molecule has 1 heterocycles. The van der Waals surface area contributed by atoms with Gasteiger partial charge in [0.2, 0.25) is 0 Å². The molecule has 0 aliphatic rings. The molecular weight excluding hydrogens is 259 g/mol. The summed E-state index contributed by atoms with van der Waals surface area (Å²) in [5.41, 5.74) is 1.36. The molecule has 4 heteroatoms. The second-order valence-electron chi connectivity index (χ2n) is 4.45. The molecule has 0 aliphatic carbocycles. The minimum Gasteiger partial charge on any atom is -0.494 e. The van der Waals surface area contributed by atoms with Gasteiger partial charge in [0.05, 0.1) is 13.4 Å². The molecule has 0 saturated heterocycles. The number of ether oxygens (including phenoxy) is 1. The van der Waals surface area contributed by atoms with Crippen LogP contribution in [0.3, 0.4) is 0 Å². The van der Waals surface area contributed by atoms with Gasteiger partial charge in [-0.05, 0) is 12.1 Å². The average molecular weight is 272 g/mol. The van der Waals surface area contributed by atoms with Crippen LogP contribution in [0.1, 0.15) is 17.2 Å². The molecule has 3 rings (SSSR count). The predicted molar refractivity (Wildman–Crippen MR) is 73.2 cm³/mol. The molecule has 0 spiro atoms. The first kappa shape index (κ1) is 12.7. The number of furan rings is 1. The van der Waals surface area contributed by atoms with Gasteiger partial charge in [-0.1, -0.05) is 30.3 Å². The first-order valence-corrected chi connectivity index (χ1v) is 6.19. The molecule has 1 atom stereocenters. The van der Waals surface area contributed by atoms with Gasteiger partial charge in [0.25, 0.3) is 0 Å². The molecule has 3 nitrogen and oxygen atoms in total. The van der Waals surface area contributed by atoms with Gasteiger partial charge in [-0.3, -0.25) is 0 Å². The quantitative estimate of drug-likeness (QED) is 0.791. The topological polar surface area (TPSA) is 42.6 Å². The molecule has 1 unspecified atom stereocenters. The van der Waals surface area contributed by atoms with E-state index in [1.165, 1.54) is 25.5 Å². The molecule has 2 aromatic carbocycles. The number of benzene rings is 2. The van der Waals surface area contributed by atoms with Crippen molar-refractivity contribution in [1.29, 1.82) is 0 Å². The van der Waals surface area contributed by atoms with Crippen LogP contribution < -0.4 is 4.74 Å². The van der Waals surface area contributed by atoms with E-state index in [1.54, 1.807) is 12.1 Å². The van der Waals surface area contributed by atoms with Crippen LogP contribution in [0.5, 0.6) is 5.75 Å². The summed E-state index contributed by atoms with van der Waals surface area (Å²) >= 11 is 0. The predicted octanol–water partition coefficient (Wildman–Crippen LogP) is 3.66. The molecular formula is C16H13FO3. The van der Waals surface area contributed by atoms with Gasteiger partial charge in [0.1, 0.15) is 11.7 Å². The summed E-state index contributed by atoms with van der Waals surface area (Å²) in [5.74, 6) is -0.456. The molecule has 20 heavy (non-hydrogen) atoms. The number of para-hydroxylation sites is 1. The Kier molecular flexibility index (Phi) is 3.16. The van der Waals surface area contributed by atoms with E-state index in [1.807, 2.05) is 18.2 Å². The third-order valence-corrected chi connectivity index (χ3v) is 3.31. The molecule has 1 N–H and O–H groups in total. The summed E-state index contributed by atoms with van der Waals surface area (Å²) < 4.78 is 24.5. The summed E-state index contributed by atoms with van der Waals surface area (Å²) in [6.07, 6.45) is 0.350. The van der Waals surface area contributed by atoms with Gasteiger partial charge < -0.3 is 14.3 Å². The number of halogens is 1. The fraction of sp³-hybridized carbons (Fsp3) is 0.125. The van der Waals surface area contributed by atoms with E-state index in [0.29, 0.717) is 11.1 Å². The third kappa shape index (κ3) is 1.94. The molecule has 0 amide bonds. The lowest BCUT2D eigenvalue weighted by molar-refractivity contribution is 0.213. The van der Waals surface area contributed by atoms with Gasteiger partial charge in [-0.15, -0.1) is 0 Å². The Balaban J connectivity index is 2.11. The lowest BCUT2D eigenvalue weighted by Crippen LogP contribution is -2.03. The zero-order valence-electron chi connectivity index (χ0n) is 10.8. The number of aliphatic hydroxyl groups excluding tert-OH is 1. The van der Waals surface area contributed by atoms with Crippen LogP contribution in [0, 0.1) is 5.82 Å². The number of methoxy groups -OCH3 is 1. The highest BCUT2D eigenvalue weighted by atomic mass is 19.1. The van der Waals surface area contributed by atoms with Crippen molar-refractivity contribution in [2.45, 2.75) is 6.10 Å². The van der Waals surface area contributed by atoms with Crippen molar-refractivity contribution < 1.29 is 18.7 Å². The van der Waals surface area contributed by atoms with Crippen molar-refractivity contribution in [2.24, 2.45) is 0 Å². The Labute approximate surface area is 115 Å². The van der Waals surface area contributed by atoms with E-state index in [2.05, 4.69) is 0 Å². The van der Waals surface area contributed by atoms with E-state index in [0.717, 1.165) is 5.39 Å². The van der Waals surface area contributed by atoms with Crippen LogP contribution >= 0.6 is 0 Å². The van der Waals surface area contributed by atoms with Crippen molar-refractivity contribution in [1.82, 2.24) is 0 Å². The maximum Gasteiger partial charge on any atom is 0.171 e. The summed E-state index contributed by atoms with van der Waals surface area (Å²) in [6, 6.07) is 12.0. The van der Waals surface area contributed by atoms with Gasteiger partial charge in [0.15, 0.2) is 11.6 Å². The second-order valence-corrected chi connectivity index (χ2v) is 4.45. The number of fused-ring (bicyclic) bond motifs is 1. The molecule has 0 saturated carbocycles. The molecule has 1 aromatic heterocycles. The Hall–Kier alpha value is -2.33. The first-order valence-electron chi connectivity index (χ1n) is 6.19. The summed E-state index contributed by atoms with van der Waals surface area (Å²) in [5, 5.41) is 11.2. The monoisotopic (exact) mass is 272 g/mol. The fourth-order valence-electron chi connectivity index (χ4n) is 2.27. The standard InChI is InChI=1S/C16H13FO3/c1-19-14-8-4-6-11(15(14)17)16(18)12-9-20-13-7-3-2-5-10(12)13/h2-9,16,18H,1H3. The Morgan fingerprint density at radius 2 is 1.90 bits per heavy atom. The van der Waals surface area contributed by atoms with Crippen LogP contribution in [0.25, 0.3) is 11.0 Å². The lowest BCUT2D eigenvalue weighted by atomic mass is 10.00. The van der Waals surface area contributed by atoms with Gasteiger partial charge >= 0.3 is 0 Å². The highest BCUT2D eigenvalue weighted by Crippen LogP contribution is 2.33. The van der Waals surface area contributed by atoms with E-state index >= 15 is 0 Å². The molecule has 0 aliphatic heterocycles. The van der Waals surface area contributed by atoms with Crippen LogP contribution in [-0.2, 0) is 0 Å². The van der Waals surface area contributed by atoms with Gasteiger partial charge in [0, 0.05) is 16.5 Å². The van der Waals surface area contributed by atoms with Crippen LogP contribution in [0.2, 0.25) is 0 Å². The number of aliphatic hydroxyl groups is 1. The molecule has 0 radical (unpaired) electrons. The van der Waals surface area contributed by atoms with Crippen molar-refractivity contribution in [3.63, 3.8) is 0 Å². The minimum atomic E-state index is -1.10. The van der Waals surface area contributed by atoms with E-state index in [9.17, 15) is 9.50 Å². The molecule has 102 valence electrons. The van der Waals surface area contributed by atoms with Crippen molar-refractivity contribution >= 4 is 11.0 Å². The summed E-state index contributed by atoms with van der Waals surface area (Å²) in [4.78, 5) is 0. The molecule has 0 bridgehead atoms. The number of hydrogen-bond donors (Lipinski definition) is 1. The van der Waals surface area contributed by atoms with Crippen molar-refractivity contribution in [3.05, 3.63) is 65.7 Å². The fourth-order valence-corrected chi connectivity index (χ4v) is 2.27. The van der Waals surface area contributed by atoms with Crippen molar-refractivity contribution in [2.75, 3.05) is 7.11 Å². The Bertz CT molecular complexity index is 748. The van der Waals surface area contributed by atoms with Crippen LogP contribution in [0.4, 0.5) is 4.39 Å². The SMILES string of the molecule is COc1cccc(C(O)c2coc3ccccc23)c1F. The highest BCUT2D eigenvalue weighted by molar-refractivity contribution is 5.81. The zero-order chi connectivity index (χ0) is 14.1. The van der Waals surface area contributed by atoms with Crippen LogP contribution in [0.15, 0.2) is 53.1 Å². The minimum absolute atomic E-state index is 0.106. The Morgan fingerprint density at radius 3 is 2.70 bits per heavy atom. The van der Waals surface area contributed by atoms with Gasteiger partial charge in [-0.2, -0.15) is 0 Å². The van der Waals surface area contributed by atoms with Gasteiger partial charge in [-0.25, -0.2) is 4.39 Å². The first-order chi connectivity index (χ1) is 9.72. The highest BCUT2D eigenvalue weighted by Gasteiger charge is 2.21. The number of hydrogen-bond acceptors (Lipinski definition) is 3. The maximum atomic E-state index is 14.2. The molecule has 3 aromatic rings. The molecule has 0 fully saturated rings. The summed E-state index contributed by atoms with van der Waals surface area (Å²) in [6.45, 7) is 0. The van der Waals surface area contributed by atoms with E-state index < -0.39 is 11.9 Å². The largest absolute Gasteiger partial charge is 0.494 e. The third-order valence-electron chi connectivity index (χ3n) is 3.31. The second kappa shape index (κ2) is 4.98. The summed E-state index contributed by atoms with van der Waals surface area (Å²) in [7, 11) is 1.39.